The maximum atomic E-state index is 12.2. The number of fused-ring (bicyclic) bond motifs is 1. The molecule has 3 rings (SSSR count). The molecule has 3 aromatic rings. The Labute approximate surface area is 160 Å². The third-order valence-corrected chi connectivity index (χ3v) is 4.44. The summed E-state index contributed by atoms with van der Waals surface area (Å²) in [7, 11) is 0. The van der Waals surface area contributed by atoms with E-state index in [0.717, 1.165) is 16.5 Å². The lowest BCUT2D eigenvalue weighted by Gasteiger charge is -2.14. The van der Waals surface area contributed by atoms with Crippen LogP contribution in [0.1, 0.15) is 12.5 Å². The first kappa shape index (κ1) is 18.3. The predicted octanol–water partition coefficient (Wildman–Crippen LogP) is 4.59. The van der Waals surface area contributed by atoms with E-state index >= 15 is 0 Å². The van der Waals surface area contributed by atoms with Crippen molar-refractivity contribution in [2.45, 2.75) is 19.4 Å². The Hall–Kier alpha value is -2.50. The second-order valence-electron chi connectivity index (χ2n) is 5.78. The molecule has 1 amide bonds. The van der Waals surface area contributed by atoms with Crippen LogP contribution in [0.3, 0.4) is 0 Å². The first-order valence-electron chi connectivity index (χ1n) is 7.94. The van der Waals surface area contributed by atoms with Gasteiger partial charge in [-0.05, 0) is 36.8 Å². The number of carbonyl (C=O) groups excluding carboxylic acids is 2. The molecule has 7 heteroatoms. The van der Waals surface area contributed by atoms with Crippen LogP contribution in [0.15, 0.2) is 48.7 Å². The monoisotopic (exact) mass is 390 g/mol. The Morgan fingerprint density at radius 1 is 1.19 bits per heavy atom. The Morgan fingerprint density at radius 3 is 2.77 bits per heavy atom. The molecule has 5 nitrogen and oxygen atoms in total. The number of H-pyrrole nitrogens is 1. The third kappa shape index (κ3) is 4.18. The molecule has 0 spiro atoms. The number of hydrogen-bond acceptors (Lipinski definition) is 3. The van der Waals surface area contributed by atoms with Crippen molar-refractivity contribution >= 4 is 51.7 Å². The number of rotatable bonds is 5. The van der Waals surface area contributed by atoms with Crippen LogP contribution in [-0.4, -0.2) is 23.0 Å². The molecule has 2 N–H and O–H groups in total. The Kier molecular flexibility index (Phi) is 5.49. The van der Waals surface area contributed by atoms with Crippen molar-refractivity contribution in [3.63, 3.8) is 0 Å². The third-order valence-electron chi connectivity index (χ3n) is 3.87. The van der Waals surface area contributed by atoms with Crippen molar-refractivity contribution in [2.24, 2.45) is 0 Å². The van der Waals surface area contributed by atoms with Gasteiger partial charge in [-0.25, -0.2) is 0 Å². The number of benzene rings is 2. The van der Waals surface area contributed by atoms with E-state index in [4.69, 9.17) is 27.9 Å². The summed E-state index contributed by atoms with van der Waals surface area (Å²) in [5, 5.41) is 4.34. The Morgan fingerprint density at radius 2 is 1.96 bits per heavy atom. The van der Waals surface area contributed by atoms with Crippen LogP contribution in [0.2, 0.25) is 10.0 Å². The normalized spacial score (nSPS) is 12.0. The fourth-order valence-corrected chi connectivity index (χ4v) is 2.89. The van der Waals surface area contributed by atoms with Gasteiger partial charge in [-0.15, -0.1) is 0 Å². The Balaban J connectivity index is 1.61. The van der Waals surface area contributed by atoms with Crippen LogP contribution in [0.4, 0.5) is 5.69 Å². The average Bonchev–Trinajstić information content (AvgIpc) is 3.01. The zero-order chi connectivity index (χ0) is 18.7. The molecular weight excluding hydrogens is 375 g/mol. The van der Waals surface area contributed by atoms with E-state index in [1.807, 2.05) is 24.3 Å². The molecule has 0 bridgehead atoms. The first-order chi connectivity index (χ1) is 12.4. The van der Waals surface area contributed by atoms with Gasteiger partial charge in [-0.1, -0.05) is 41.4 Å². The summed E-state index contributed by atoms with van der Waals surface area (Å²) in [4.78, 5) is 27.5. The summed E-state index contributed by atoms with van der Waals surface area (Å²) in [6.07, 6.45) is 0.866. The highest BCUT2D eigenvalue weighted by Crippen LogP contribution is 2.25. The lowest BCUT2D eigenvalue weighted by molar-refractivity contribution is -0.152. The van der Waals surface area contributed by atoms with Crippen LogP contribution >= 0.6 is 23.2 Å². The van der Waals surface area contributed by atoms with Gasteiger partial charge in [0.25, 0.3) is 5.91 Å². The minimum atomic E-state index is -0.970. The smallest absolute Gasteiger partial charge is 0.311 e. The number of halogens is 2. The number of aromatic amines is 1. The fraction of sp³-hybridized carbons (Fsp3) is 0.158. The molecule has 1 atom stereocenters. The molecule has 0 radical (unpaired) electrons. The summed E-state index contributed by atoms with van der Waals surface area (Å²) in [6, 6.07) is 12.4. The SMILES string of the molecule is C[C@@H](OC(=O)Cc1c[nH]c2ccccc12)C(=O)Nc1cc(Cl)ccc1Cl. The second-order valence-corrected chi connectivity index (χ2v) is 6.63. The molecule has 1 heterocycles. The number of esters is 1. The van der Waals surface area contributed by atoms with E-state index in [-0.39, 0.29) is 6.42 Å². The highest BCUT2D eigenvalue weighted by atomic mass is 35.5. The van der Waals surface area contributed by atoms with Gasteiger partial charge in [0.15, 0.2) is 6.10 Å². The number of hydrogen-bond donors (Lipinski definition) is 2. The van der Waals surface area contributed by atoms with Gasteiger partial charge < -0.3 is 15.0 Å². The highest BCUT2D eigenvalue weighted by molar-refractivity contribution is 6.35. The molecule has 0 unspecified atom stereocenters. The number of nitrogens with one attached hydrogen (secondary N) is 2. The minimum Gasteiger partial charge on any atom is -0.452 e. The largest absolute Gasteiger partial charge is 0.452 e. The van der Waals surface area contributed by atoms with E-state index in [1.54, 1.807) is 18.3 Å². The summed E-state index contributed by atoms with van der Waals surface area (Å²) in [5.74, 6) is -0.976. The maximum absolute atomic E-state index is 12.2. The van der Waals surface area contributed by atoms with Gasteiger partial charge in [0, 0.05) is 22.1 Å². The Bertz CT molecular complexity index is 968. The summed E-state index contributed by atoms with van der Waals surface area (Å²) >= 11 is 11.9. The number of anilines is 1. The first-order valence-corrected chi connectivity index (χ1v) is 8.70. The lowest BCUT2D eigenvalue weighted by Crippen LogP contribution is -2.30. The molecule has 2 aromatic carbocycles. The molecule has 0 saturated heterocycles. The van der Waals surface area contributed by atoms with Gasteiger partial charge in [0.1, 0.15) is 0 Å². The van der Waals surface area contributed by atoms with Crippen LogP contribution in [0, 0.1) is 0 Å². The van der Waals surface area contributed by atoms with Gasteiger partial charge in [-0.2, -0.15) is 0 Å². The molecule has 0 fully saturated rings. The van der Waals surface area contributed by atoms with E-state index < -0.39 is 18.0 Å². The molecule has 0 saturated carbocycles. The lowest BCUT2D eigenvalue weighted by atomic mass is 10.1. The van der Waals surface area contributed by atoms with Crippen LogP contribution < -0.4 is 5.32 Å². The summed E-state index contributed by atoms with van der Waals surface area (Å²) in [5.41, 5.74) is 2.12. The van der Waals surface area contributed by atoms with E-state index in [1.165, 1.54) is 13.0 Å². The number of carbonyl (C=O) groups is 2. The van der Waals surface area contributed by atoms with Crippen molar-refractivity contribution in [1.29, 1.82) is 0 Å². The summed E-state index contributed by atoms with van der Waals surface area (Å²) in [6.45, 7) is 1.50. The highest BCUT2D eigenvalue weighted by Gasteiger charge is 2.20. The van der Waals surface area contributed by atoms with Crippen LogP contribution in [-0.2, 0) is 20.7 Å². The molecule has 0 aliphatic carbocycles. The van der Waals surface area contributed by atoms with Crippen molar-refractivity contribution in [2.75, 3.05) is 5.32 Å². The van der Waals surface area contributed by atoms with E-state index in [9.17, 15) is 9.59 Å². The summed E-state index contributed by atoms with van der Waals surface area (Å²) < 4.78 is 5.24. The van der Waals surface area contributed by atoms with E-state index in [2.05, 4.69) is 10.3 Å². The zero-order valence-corrected chi connectivity index (χ0v) is 15.4. The molecule has 134 valence electrons. The van der Waals surface area contributed by atoms with Crippen molar-refractivity contribution in [3.05, 3.63) is 64.3 Å². The molecule has 1 aromatic heterocycles. The molecule has 26 heavy (non-hydrogen) atoms. The van der Waals surface area contributed by atoms with Crippen molar-refractivity contribution < 1.29 is 14.3 Å². The topological polar surface area (TPSA) is 71.2 Å². The number of ether oxygens (including phenoxy) is 1. The quantitative estimate of drug-likeness (QED) is 0.625. The average molecular weight is 391 g/mol. The molecule has 0 aliphatic heterocycles. The number of aromatic nitrogens is 1. The van der Waals surface area contributed by atoms with Crippen LogP contribution in [0.5, 0.6) is 0 Å². The number of para-hydroxylation sites is 1. The second kappa shape index (κ2) is 7.81. The standard InChI is InChI=1S/C19H16Cl2N2O3/c1-11(19(25)23-17-9-13(20)6-7-15(17)21)26-18(24)8-12-10-22-16-5-3-2-4-14(12)16/h2-7,9-11,22H,8H2,1H3,(H,23,25)/t11-/m1/s1. The molecule has 0 aliphatic rings. The zero-order valence-electron chi connectivity index (χ0n) is 13.9. The predicted molar refractivity (Wildman–Crippen MR) is 103 cm³/mol. The van der Waals surface area contributed by atoms with Gasteiger partial charge in [0.05, 0.1) is 17.1 Å². The number of amides is 1. The molecular formula is C19H16Cl2N2O3. The van der Waals surface area contributed by atoms with Gasteiger partial charge in [-0.3, -0.25) is 9.59 Å². The van der Waals surface area contributed by atoms with Crippen molar-refractivity contribution in [3.8, 4) is 0 Å². The van der Waals surface area contributed by atoms with Crippen LogP contribution in [0.25, 0.3) is 10.9 Å². The van der Waals surface area contributed by atoms with Gasteiger partial charge in [0.2, 0.25) is 0 Å². The minimum absolute atomic E-state index is 0.0690. The van der Waals surface area contributed by atoms with Crippen molar-refractivity contribution in [1.82, 2.24) is 4.98 Å². The van der Waals surface area contributed by atoms with E-state index in [0.29, 0.717) is 15.7 Å². The fourth-order valence-electron chi connectivity index (χ4n) is 2.55. The van der Waals surface area contributed by atoms with Gasteiger partial charge >= 0.3 is 5.97 Å². The maximum Gasteiger partial charge on any atom is 0.311 e.